The summed E-state index contributed by atoms with van der Waals surface area (Å²) in [6, 6.07) is 2.38. The lowest BCUT2D eigenvalue weighted by Crippen LogP contribution is -2.07. The summed E-state index contributed by atoms with van der Waals surface area (Å²) in [5, 5.41) is 0. The number of methoxy groups -OCH3 is 2. The highest BCUT2D eigenvalue weighted by atomic mass is 32.2. The summed E-state index contributed by atoms with van der Waals surface area (Å²) in [5.74, 6) is -1.21. The van der Waals surface area contributed by atoms with E-state index in [1.54, 1.807) is 0 Å². The second-order valence-electron chi connectivity index (χ2n) is 3.54. The van der Waals surface area contributed by atoms with E-state index in [0.29, 0.717) is 5.75 Å². The molecule has 0 saturated carbocycles. The number of nitrogens with two attached hydrogens (primary N) is 1. The number of carbonyl (C=O) groups excluding carboxylic acids is 2. The lowest BCUT2D eigenvalue weighted by atomic mass is 10.2. The summed E-state index contributed by atoms with van der Waals surface area (Å²) in [5.41, 5.74) is 5.66. The van der Waals surface area contributed by atoms with Crippen molar-refractivity contribution in [3.8, 4) is 0 Å². The number of benzene rings is 1. The number of carbonyl (C=O) groups is 2. The van der Waals surface area contributed by atoms with Gasteiger partial charge in [-0.3, -0.25) is 4.79 Å². The molecule has 0 aromatic heterocycles. The van der Waals surface area contributed by atoms with Crippen LogP contribution in [0.2, 0.25) is 0 Å². The van der Waals surface area contributed by atoms with Crippen molar-refractivity contribution in [2.75, 3.05) is 25.7 Å². The highest BCUT2D eigenvalue weighted by Crippen LogP contribution is 2.27. The number of hydrogen-bond acceptors (Lipinski definition) is 6. The van der Waals surface area contributed by atoms with Gasteiger partial charge in [0.25, 0.3) is 0 Å². The van der Waals surface area contributed by atoms with Gasteiger partial charge in [0.2, 0.25) is 0 Å². The normalized spacial score (nSPS) is 10.1. The largest absolute Gasteiger partial charge is 0.469 e. The van der Waals surface area contributed by atoms with Gasteiger partial charge in [0, 0.05) is 16.3 Å². The Balaban J connectivity index is 2.83. The van der Waals surface area contributed by atoms with Crippen LogP contribution in [0.4, 0.5) is 10.1 Å². The Hall–Kier alpha value is -1.76. The predicted molar refractivity (Wildman–Crippen MR) is 69.5 cm³/mol. The maximum Gasteiger partial charge on any atom is 0.339 e. The molecular weight excluding hydrogens is 273 g/mol. The first kappa shape index (κ1) is 15.3. The van der Waals surface area contributed by atoms with Crippen molar-refractivity contribution in [1.29, 1.82) is 0 Å². The molecule has 0 amide bonds. The molecule has 7 heteroatoms. The highest BCUT2D eigenvalue weighted by molar-refractivity contribution is 7.99. The molecule has 5 nitrogen and oxygen atoms in total. The minimum atomic E-state index is -0.632. The first-order valence-electron chi connectivity index (χ1n) is 5.36. The molecule has 0 fully saturated rings. The van der Waals surface area contributed by atoms with Gasteiger partial charge in [-0.25, -0.2) is 9.18 Å². The van der Waals surface area contributed by atoms with Crippen molar-refractivity contribution in [2.45, 2.75) is 11.3 Å². The van der Waals surface area contributed by atoms with Gasteiger partial charge in [-0.2, -0.15) is 0 Å². The van der Waals surface area contributed by atoms with Gasteiger partial charge < -0.3 is 15.2 Å². The SMILES string of the molecule is COC(=O)CCSc1cc(C(=O)OC)c(N)cc1F. The first-order chi connectivity index (χ1) is 8.99. The van der Waals surface area contributed by atoms with Crippen LogP contribution in [0.25, 0.3) is 0 Å². The molecule has 2 N–H and O–H groups in total. The summed E-state index contributed by atoms with van der Waals surface area (Å²) < 4.78 is 22.7. The van der Waals surface area contributed by atoms with Gasteiger partial charge in [0.05, 0.1) is 26.2 Å². The fourth-order valence-electron chi connectivity index (χ4n) is 1.31. The van der Waals surface area contributed by atoms with Gasteiger partial charge in [-0.05, 0) is 12.1 Å². The van der Waals surface area contributed by atoms with E-state index in [9.17, 15) is 14.0 Å². The third kappa shape index (κ3) is 4.13. The Labute approximate surface area is 114 Å². The molecule has 104 valence electrons. The maximum atomic E-state index is 13.6. The van der Waals surface area contributed by atoms with Crippen LogP contribution in [0, 0.1) is 5.82 Å². The van der Waals surface area contributed by atoms with Crippen LogP contribution in [0.1, 0.15) is 16.8 Å². The Morgan fingerprint density at radius 1 is 1.32 bits per heavy atom. The standard InChI is InChI=1S/C12H14FNO4S/c1-17-11(15)3-4-19-10-5-7(12(16)18-2)9(14)6-8(10)13/h5-6H,3-4,14H2,1-2H3. The predicted octanol–water partition coefficient (Wildman–Crippen LogP) is 1.85. The molecule has 0 aliphatic heterocycles. The van der Waals surface area contributed by atoms with Crippen molar-refractivity contribution in [3.63, 3.8) is 0 Å². The Morgan fingerprint density at radius 3 is 2.58 bits per heavy atom. The molecule has 0 radical (unpaired) electrons. The van der Waals surface area contributed by atoms with Crippen LogP contribution < -0.4 is 5.73 Å². The second kappa shape index (κ2) is 6.98. The second-order valence-corrected chi connectivity index (χ2v) is 4.67. The van der Waals surface area contributed by atoms with Gasteiger partial charge in [-0.1, -0.05) is 0 Å². The molecule has 1 rings (SSSR count). The highest BCUT2D eigenvalue weighted by Gasteiger charge is 2.15. The number of nitrogen functional groups attached to an aromatic ring is 1. The average molecular weight is 287 g/mol. The third-order valence-electron chi connectivity index (χ3n) is 2.30. The number of hydrogen-bond donors (Lipinski definition) is 1. The molecule has 0 aliphatic carbocycles. The van der Waals surface area contributed by atoms with Crippen molar-refractivity contribution in [1.82, 2.24) is 0 Å². The van der Waals surface area contributed by atoms with E-state index in [4.69, 9.17) is 5.73 Å². The van der Waals surface area contributed by atoms with Crippen LogP contribution >= 0.6 is 11.8 Å². The molecule has 0 aliphatic rings. The van der Waals surface area contributed by atoms with Crippen molar-refractivity contribution < 1.29 is 23.5 Å². The fraction of sp³-hybridized carbons (Fsp3) is 0.333. The summed E-state index contributed by atoms with van der Waals surface area (Å²) in [6.45, 7) is 0. The summed E-state index contributed by atoms with van der Waals surface area (Å²) in [6.07, 6.45) is 0.151. The van der Waals surface area contributed by atoms with Gasteiger partial charge in [0.1, 0.15) is 5.82 Å². The quantitative estimate of drug-likeness (QED) is 0.506. The fourth-order valence-corrected chi connectivity index (χ4v) is 2.20. The van der Waals surface area contributed by atoms with Gasteiger partial charge >= 0.3 is 11.9 Å². The number of rotatable bonds is 5. The number of halogens is 1. The van der Waals surface area contributed by atoms with E-state index in [2.05, 4.69) is 9.47 Å². The minimum absolute atomic E-state index is 0.0154. The van der Waals surface area contributed by atoms with Gasteiger partial charge in [-0.15, -0.1) is 11.8 Å². The van der Waals surface area contributed by atoms with Crippen LogP contribution in [0.3, 0.4) is 0 Å². The Morgan fingerprint density at radius 2 is 2.00 bits per heavy atom. The van der Waals surface area contributed by atoms with Crippen LogP contribution in [-0.2, 0) is 14.3 Å². The van der Waals surface area contributed by atoms with Crippen LogP contribution in [0.15, 0.2) is 17.0 Å². The molecular formula is C12H14FNO4S. The first-order valence-corrected chi connectivity index (χ1v) is 6.35. The van der Waals surface area contributed by atoms with E-state index in [1.807, 2.05) is 0 Å². The topological polar surface area (TPSA) is 78.6 Å². The molecule has 0 bridgehead atoms. The number of ether oxygens (including phenoxy) is 2. The van der Waals surface area contributed by atoms with Crippen molar-refractivity contribution >= 4 is 29.4 Å². The summed E-state index contributed by atoms with van der Waals surface area (Å²) in [7, 11) is 2.50. The van der Waals surface area contributed by atoms with Crippen LogP contribution in [0.5, 0.6) is 0 Å². The molecule has 1 aromatic rings. The average Bonchev–Trinajstić information content (AvgIpc) is 2.40. The number of anilines is 1. The molecule has 19 heavy (non-hydrogen) atoms. The summed E-state index contributed by atoms with van der Waals surface area (Å²) in [4.78, 5) is 22.6. The molecule has 0 heterocycles. The van der Waals surface area contributed by atoms with E-state index < -0.39 is 11.8 Å². The Kier molecular flexibility index (Phi) is 5.62. The van der Waals surface area contributed by atoms with E-state index >= 15 is 0 Å². The van der Waals surface area contributed by atoms with E-state index in [1.165, 1.54) is 20.3 Å². The molecule has 0 spiro atoms. The zero-order chi connectivity index (χ0) is 14.4. The molecule has 0 unspecified atom stereocenters. The zero-order valence-corrected chi connectivity index (χ0v) is 11.4. The maximum absolute atomic E-state index is 13.6. The third-order valence-corrected chi connectivity index (χ3v) is 3.33. The van der Waals surface area contributed by atoms with Gasteiger partial charge in [0.15, 0.2) is 0 Å². The van der Waals surface area contributed by atoms with Crippen molar-refractivity contribution in [2.24, 2.45) is 0 Å². The van der Waals surface area contributed by atoms with Crippen LogP contribution in [-0.4, -0.2) is 31.9 Å². The zero-order valence-electron chi connectivity index (χ0n) is 10.6. The number of esters is 2. The van der Waals surface area contributed by atoms with E-state index in [-0.39, 0.29) is 28.5 Å². The molecule has 0 atom stereocenters. The van der Waals surface area contributed by atoms with Crippen molar-refractivity contribution in [3.05, 3.63) is 23.5 Å². The Bertz CT molecular complexity index is 493. The number of thioether (sulfide) groups is 1. The lowest BCUT2D eigenvalue weighted by molar-refractivity contribution is -0.140. The lowest BCUT2D eigenvalue weighted by Gasteiger charge is -2.08. The summed E-state index contributed by atoms with van der Waals surface area (Å²) >= 11 is 1.10. The molecule has 0 saturated heterocycles. The van der Waals surface area contributed by atoms with E-state index in [0.717, 1.165) is 17.8 Å². The smallest absolute Gasteiger partial charge is 0.339 e. The molecule has 1 aromatic carbocycles. The minimum Gasteiger partial charge on any atom is -0.469 e. The monoisotopic (exact) mass is 287 g/mol.